The third kappa shape index (κ3) is 3.83. The van der Waals surface area contributed by atoms with Gasteiger partial charge in [0.15, 0.2) is 0 Å². The van der Waals surface area contributed by atoms with Gasteiger partial charge < -0.3 is 13.6 Å². The van der Waals surface area contributed by atoms with Crippen LogP contribution in [0.5, 0.6) is 0 Å². The fraction of sp³-hybridized carbons (Fsp3) is 0.333. The molecular weight excluding hydrogens is 340 g/mol. The summed E-state index contributed by atoms with van der Waals surface area (Å²) in [4.78, 5) is 19.3. The number of hydrogen-bond acceptors (Lipinski definition) is 7. The second kappa shape index (κ2) is 7.25. The largest absolute Gasteiger partial charge is 0.465 e. The molecule has 0 N–H and O–H groups in total. The minimum Gasteiger partial charge on any atom is -0.465 e. The van der Waals surface area contributed by atoms with Gasteiger partial charge >= 0.3 is 5.97 Å². The number of methoxy groups -OCH3 is 1. The van der Waals surface area contributed by atoms with Crippen molar-refractivity contribution in [2.24, 2.45) is 0 Å². The third-order valence-corrected chi connectivity index (χ3v) is 4.70. The highest BCUT2D eigenvalue weighted by atomic mass is 32.1. The highest BCUT2D eigenvalue weighted by Gasteiger charge is 2.18. The maximum Gasteiger partial charge on any atom is 0.341 e. The van der Waals surface area contributed by atoms with Crippen LogP contribution in [0.3, 0.4) is 0 Å². The van der Waals surface area contributed by atoms with E-state index in [0.717, 1.165) is 16.3 Å². The molecule has 0 radical (unpaired) electrons. The molecule has 7 heteroatoms. The van der Waals surface area contributed by atoms with Crippen LogP contribution < -0.4 is 0 Å². The first-order valence-corrected chi connectivity index (χ1v) is 8.72. The zero-order valence-electron chi connectivity index (χ0n) is 14.7. The summed E-state index contributed by atoms with van der Waals surface area (Å²) in [5.74, 6) is 2.34. The molecule has 0 bridgehead atoms. The van der Waals surface area contributed by atoms with E-state index in [2.05, 4.69) is 9.88 Å². The first-order valence-electron chi connectivity index (χ1n) is 7.84. The maximum absolute atomic E-state index is 11.7. The van der Waals surface area contributed by atoms with E-state index in [0.29, 0.717) is 36.1 Å². The number of nitrogens with zero attached hydrogens (tertiary/aromatic N) is 2. The van der Waals surface area contributed by atoms with Gasteiger partial charge in [-0.05, 0) is 38.4 Å². The van der Waals surface area contributed by atoms with Crippen molar-refractivity contribution in [3.63, 3.8) is 0 Å². The van der Waals surface area contributed by atoms with Crippen molar-refractivity contribution >= 4 is 17.3 Å². The number of thiophene rings is 1. The van der Waals surface area contributed by atoms with Gasteiger partial charge in [-0.1, -0.05) is 6.07 Å². The number of oxazole rings is 1. The highest BCUT2D eigenvalue weighted by molar-refractivity contribution is 7.13. The van der Waals surface area contributed by atoms with Gasteiger partial charge in [0.2, 0.25) is 5.89 Å². The first-order chi connectivity index (χ1) is 12.0. The molecule has 0 aromatic carbocycles. The predicted molar refractivity (Wildman–Crippen MR) is 94.5 cm³/mol. The van der Waals surface area contributed by atoms with Crippen molar-refractivity contribution in [2.75, 3.05) is 14.2 Å². The normalized spacial score (nSPS) is 11.2. The fourth-order valence-corrected chi connectivity index (χ4v) is 3.24. The van der Waals surface area contributed by atoms with E-state index in [9.17, 15) is 4.79 Å². The Kier molecular flexibility index (Phi) is 5.06. The van der Waals surface area contributed by atoms with Crippen LogP contribution in [-0.4, -0.2) is 30.0 Å². The Morgan fingerprint density at radius 1 is 1.28 bits per heavy atom. The van der Waals surface area contributed by atoms with Crippen molar-refractivity contribution in [1.29, 1.82) is 0 Å². The lowest BCUT2D eigenvalue weighted by atomic mass is 10.2. The number of ether oxygens (including phenoxy) is 1. The summed E-state index contributed by atoms with van der Waals surface area (Å²) in [6, 6.07) is 5.69. The Labute approximate surface area is 150 Å². The maximum atomic E-state index is 11.7. The molecule has 0 saturated heterocycles. The molecule has 25 heavy (non-hydrogen) atoms. The van der Waals surface area contributed by atoms with Crippen LogP contribution >= 0.6 is 11.3 Å². The molecule has 0 amide bonds. The molecule has 0 aliphatic heterocycles. The number of carbonyl (C=O) groups excluding carboxylic acids is 1. The van der Waals surface area contributed by atoms with Gasteiger partial charge in [-0.25, -0.2) is 9.78 Å². The van der Waals surface area contributed by atoms with Crippen LogP contribution in [0.15, 0.2) is 32.4 Å². The quantitative estimate of drug-likeness (QED) is 0.618. The molecule has 3 aromatic rings. The lowest BCUT2D eigenvalue weighted by molar-refractivity contribution is 0.0599. The summed E-state index contributed by atoms with van der Waals surface area (Å²) in [6.07, 6.45) is 0. The Balaban J connectivity index is 1.69. The fourth-order valence-electron chi connectivity index (χ4n) is 2.59. The minimum absolute atomic E-state index is 0.386. The Bertz CT molecular complexity index is 864. The molecule has 0 aliphatic carbocycles. The number of aromatic nitrogens is 1. The van der Waals surface area contributed by atoms with E-state index in [-0.39, 0.29) is 5.97 Å². The molecular formula is C18H20N2O4S. The number of esters is 1. The van der Waals surface area contributed by atoms with Gasteiger partial charge in [-0.2, -0.15) is 0 Å². The summed E-state index contributed by atoms with van der Waals surface area (Å²) in [6.45, 7) is 4.84. The van der Waals surface area contributed by atoms with Gasteiger partial charge in [-0.15, -0.1) is 11.3 Å². The average molecular weight is 360 g/mol. The van der Waals surface area contributed by atoms with Gasteiger partial charge in [-0.3, -0.25) is 4.90 Å². The SMILES string of the molecule is COC(=O)c1cc(CN(C)Cc2nc(-c3cccs3)oc2C)oc1C. The molecule has 0 saturated carbocycles. The Morgan fingerprint density at radius 2 is 2.08 bits per heavy atom. The zero-order valence-corrected chi connectivity index (χ0v) is 15.5. The molecule has 0 spiro atoms. The number of carbonyl (C=O) groups is 1. The minimum atomic E-state index is -0.386. The number of furan rings is 1. The van der Waals surface area contributed by atoms with E-state index < -0.39 is 0 Å². The highest BCUT2D eigenvalue weighted by Crippen LogP contribution is 2.26. The van der Waals surface area contributed by atoms with Crippen molar-refractivity contribution in [2.45, 2.75) is 26.9 Å². The second-order valence-corrected chi connectivity index (χ2v) is 6.79. The molecule has 132 valence electrons. The van der Waals surface area contributed by atoms with Gasteiger partial charge in [0.25, 0.3) is 0 Å². The predicted octanol–water partition coefficient (Wildman–Crippen LogP) is 4.03. The molecule has 0 unspecified atom stereocenters. The van der Waals surface area contributed by atoms with Gasteiger partial charge in [0.1, 0.15) is 22.8 Å². The monoisotopic (exact) mass is 360 g/mol. The van der Waals surface area contributed by atoms with Crippen LogP contribution in [0.25, 0.3) is 10.8 Å². The second-order valence-electron chi connectivity index (χ2n) is 5.85. The third-order valence-electron chi connectivity index (χ3n) is 3.84. The van der Waals surface area contributed by atoms with Crippen LogP contribution in [0.4, 0.5) is 0 Å². The molecule has 0 fully saturated rings. The van der Waals surface area contributed by atoms with Gasteiger partial charge in [0.05, 0.1) is 24.2 Å². The number of aryl methyl sites for hydroxylation is 2. The topological polar surface area (TPSA) is 68.7 Å². The van der Waals surface area contributed by atoms with E-state index in [1.54, 1.807) is 24.3 Å². The van der Waals surface area contributed by atoms with Crippen LogP contribution in [0.2, 0.25) is 0 Å². The van der Waals surface area contributed by atoms with E-state index in [1.165, 1.54) is 7.11 Å². The first kappa shape index (κ1) is 17.4. The lowest BCUT2D eigenvalue weighted by Crippen LogP contribution is -2.17. The molecule has 3 aromatic heterocycles. The number of hydrogen-bond donors (Lipinski definition) is 0. The summed E-state index contributed by atoms with van der Waals surface area (Å²) in [5.41, 5.74) is 1.35. The number of rotatable bonds is 6. The summed E-state index contributed by atoms with van der Waals surface area (Å²) >= 11 is 1.60. The van der Waals surface area contributed by atoms with Crippen LogP contribution in [0.1, 0.15) is 33.3 Å². The van der Waals surface area contributed by atoms with Gasteiger partial charge in [0, 0.05) is 6.54 Å². The van der Waals surface area contributed by atoms with Crippen molar-refractivity contribution in [3.05, 3.63) is 52.1 Å². The summed E-state index contributed by atoms with van der Waals surface area (Å²) in [7, 11) is 3.33. The Morgan fingerprint density at radius 3 is 2.76 bits per heavy atom. The standard InChI is InChI=1S/C18H20N2O4S/c1-11-14(18(21)22-4)8-13(23-11)9-20(3)10-15-12(2)24-17(19-15)16-6-5-7-25-16/h5-8H,9-10H2,1-4H3. The van der Waals surface area contributed by atoms with Crippen molar-refractivity contribution < 1.29 is 18.4 Å². The zero-order chi connectivity index (χ0) is 18.0. The van der Waals surface area contributed by atoms with Crippen molar-refractivity contribution in [3.8, 4) is 10.8 Å². The molecule has 3 rings (SSSR count). The van der Waals surface area contributed by atoms with E-state index >= 15 is 0 Å². The summed E-state index contributed by atoms with van der Waals surface area (Å²) in [5, 5.41) is 2.00. The Hall–Kier alpha value is -2.38. The summed E-state index contributed by atoms with van der Waals surface area (Å²) < 4.78 is 16.2. The van der Waals surface area contributed by atoms with Crippen LogP contribution in [-0.2, 0) is 17.8 Å². The molecule has 3 heterocycles. The van der Waals surface area contributed by atoms with Crippen molar-refractivity contribution in [1.82, 2.24) is 9.88 Å². The molecule has 6 nitrogen and oxygen atoms in total. The van der Waals surface area contributed by atoms with Crippen LogP contribution in [0, 0.1) is 13.8 Å². The average Bonchev–Trinajstić information content (AvgIpc) is 3.28. The smallest absolute Gasteiger partial charge is 0.341 e. The molecule has 0 aliphatic rings. The van der Waals surface area contributed by atoms with E-state index in [4.69, 9.17) is 13.6 Å². The molecule has 0 atom stereocenters. The van der Waals surface area contributed by atoms with E-state index in [1.807, 2.05) is 31.5 Å². The lowest BCUT2D eigenvalue weighted by Gasteiger charge is -2.13.